The standard InChI is InChI=1S/C25H25N7O3/c1-3-35-12-4-10-32-22-14-20-19(28-23(33)16(2)27-20)13-21(22)29-25(32)30-24(34)17-5-7-18(8-6-17)31-11-9-26-15-31/h5-9,11,13-15H,3-4,10,12H2,1-2H3,(H,28,33)(H,29,30,34). The van der Waals surface area contributed by atoms with Crippen molar-refractivity contribution in [2.45, 2.75) is 26.8 Å². The van der Waals surface area contributed by atoms with E-state index in [1.54, 1.807) is 37.6 Å². The normalized spacial score (nSPS) is 11.4. The number of rotatable bonds is 8. The molecule has 0 saturated heterocycles. The number of hydrogen-bond donors (Lipinski definition) is 2. The van der Waals surface area contributed by atoms with E-state index in [2.05, 4.69) is 25.3 Å². The van der Waals surface area contributed by atoms with Crippen LogP contribution in [0.15, 0.2) is 59.9 Å². The minimum Gasteiger partial charge on any atom is -0.382 e. The zero-order valence-corrected chi connectivity index (χ0v) is 19.5. The molecule has 0 atom stereocenters. The molecule has 10 nitrogen and oxygen atoms in total. The second kappa shape index (κ2) is 9.51. The van der Waals surface area contributed by atoms with Gasteiger partial charge in [0.1, 0.15) is 5.69 Å². The fourth-order valence-electron chi connectivity index (χ4n) is 3.96. The molecule has 0 bridgehead atoms. The monoisotopic (exact) mass is 471 g/mol. The fraction of sp³-hybridized carbons (Fsp3) is 0.240. The fourth-order valence-corrected chi connectivity index (χ4v) is 3.96. The van der Waals surface area contributed by atoms with Gasteiger partial charge in [0, 0.05) is 43.4 Å². The van der Waals surface area contributed by atoms with E-state index in [0.717, 1.165) is 17.6 Å². The highest BCUT2D eigenvalue weighted by Crippen LogP contribution is 2.25. The summed E-state index contributed by atoms with van der Waals surface area (Å²) in [4.78, 5) is 41.1. The Morgan fingerprint density at radius 1 is 1.14 bits per heavy atom. The van der Waals surface area contributed by atoms with Gasteiger partial charge in [0.15, 0.2) is 0 Å². The molecule has 178 valence electrons. The van der Waals surface area contributed by atoms with Gasteiger partial charge < -0.3 is 18.9 Å². The molecule has 0 saturated carbocycles. The van der Waals surface area contributed by atoms with Gasteiger partial charge in [0.25, 0.3) is 11.5 Å². The van der Waals surface area contributed by atoms with Crippen LogP contribution in [0.5, 0.6) is 0 Å². The molecule has 2 aromatic carbocycles. The van der Waals surface area contributed by atoms with E-state index in [4.69, 9.17) is 4.74 Å². The number of ether oxygens (including phenoxy) is 1. The molecule has 0 spiro atoms. The first kappa shape index (κ1) is 22.5. The quantitative estimate of drug-likeness (QED) is 0.335. The molecule has 5 rings (SSSR count). The lowest BCUT2D eigenvalue weighted by Gasteiger charge is -2.11. The summed E-state index contributed by atoms with van der Waals surface area (Å²) >= 11 is 0. The van der Waals surface area contributed by atoms with Crippen molar-refractivity contribution in [3.8, 4) is 5.69 Å². The van der Waals surface area contributed by atoms with E-state index in [9.17, 15) is 9.59 Å². The zero-order chi connectivity index (χ0) is 24.4. The van der Waals surface area contributed by atoms with Crippen molar-refractivity contribution in [1.29, 1.82) is 0 Å². The molecule has 0 aliphatic carbocycles. The van der Waals surface area contributed by atoms with Crippen LogP contribution in [0.3, 0.4) is 0 Å². The average molecular weight is 472 g/mol. The number of benzene rings is 2. The summed E-state index contributed by atoms with van der Waals surface area (Å²) in [6.45, 7) is 5.46. The van der Waals surface area contributed by atoms with Crippen LogP contribution in [0.4, 0.5) is 5.95 Å². The molecular formula is C25H25N7O3. The Hall–Kier alpha value is -4.31. The number of aromatic nitrogens is 6. The summed E-state index contributed by atoms with van der Waals surface area (Å²) in [5.41, 5.74) is 4.31. The van der Waals surface area contributed by atoms with Crippen LogP contribution in [0.2, 0.25) is 0 Å². The molecule has 3 aromatic heterocycles. The van der Waals surface area contributed by atoms with Crippen LogP contribution in [0.25, 0.3) is 27.8 Å². The summed E-state index contributed by atoms with van der Waals surface area (Å²) in [5.74, 6) is 0.157. The molecule has 5 aromatic rings. The number of hydrogen-bond acceptors (Lipinski definition) is 6. The van der Waals surface area contributed by atoms with E-state index in [0.29, 0.717) is 53.5 Å². The number of nitrogens with one attached hydrogen (secondary N) is 2. The maximum absolute atomic E-state index is 13.1. The highest BCUT2D eigenvalue weighted by molar-refractivity contribution is 6.04. The second-order valence-corrected chi connectivity index (χ2v) is 8.12. The first-order valence-corrected chi connectivity index (χ1v) is 11.4. The van der Waals surface area contributed by atoms with Gasteiger partial charge in [0.2, 0.25) is 5.95 Å². The third kappa shape index (κ3) is 4.56. The highest BCUT2D eigenvalue weighted by Gasteiger charge is 2.16. The molecule has 0 aliphatic heterocycles. The molecule has 10 heteroatoms. The molecular weight excluding hydrogens is 446 g/mol. The predicted molar refractivity (Wildman–Crippen MR) is 133 cm³/mol. The maximum Gasteiger partial charge on any atom is 0.269 e. The van der Waals surface area contributed by atoms with Gasteiger partial charge in [-0.05, 0) is 56.7 Å². The number of anilines is 1. The Kier molecular flexibility index (Phi) is 6.11. The number of nitrogens with zero attached hydrogens (tertiary/aromatic N) is 5. The topological polar surface area (TPSA) is 120 Å². The van der Waals surface area contributed by atoms with Crippen molar-refractivity contribution < 1.29 is 9.53 Å². The zero-order valence-electron chi connectivity index (χ0n) is 19.5. The number of carbonyl (C=O) groups excluding carboxylic acids is 1. The number of carbonyl (C=O) groups is 1. The van der Waals surface area contributed by atoms with E-state index in [-0.39, 0.29) is 11.5 Å². The number of aromatic amines is 1. The van der Waals surface area contributed by atoms with Crippen LogP contribution in [0, 0.1) is 6.92 Å². The lowest BCUT2D eigenvalue weighted by Crippen LogP contribution is -2.16. The number of aryl methyl sites for hydroxylation is 2. The Morgan fingerprint density at radius 3 is 2.71 bits per heavy atom. The van der Waals surface area contributed by atoms with Crippen LogP contribution < -0.4 is 10.9 Å². The van der Waals surface area contributed by atoms with Gasteiger partial charge in [-0.3, -0.25) is 14.9 Å². The van der Waals surface area contributed by atoms with Crippen molar-refractivity contribution in [3.05, 3.63) is 76.7 Å². The number of fused-ring (bicyclic) bond motifs is 2. The summed E-state index contributed by atoms with van der Waals surface area (Å²) < 4.78 is 9.31. The van der Waals surface area contributed by atoms with Gasteiger partial charge in [-0.2, -0.15) is 0 Å². The maximum atomic E-state index is 13.1. The summed E-state index contributed by atoms with van der Waals surface area (Å²) in [5, 5.41) is 2.95. The molecule has 1 amide bonds. The average Bonchev–Trinajstić information content (AvgIpc) is 3.50. The second-order valence-electron chi connectivity index (χ2n) is 8.12. The third-order valence-electron chi connectivity index (χ3n) is 5.76. The molecule has 2 N–H and O–H groups in total. The van der Waals surface area contributed by atoms with E-state index in [1.807, 2.05) is 40.5 Å². The van der Waals surface area contributed by atoms with E-state index >= 15 is 0 Å². The van der Waals surface area contributed by atoms with Crippen molar-refractivity contribution >= 4 is 33.9 Å². The summed E-state index contributed by atoms with van der Waals surface area (Å²) in [6, 6.07) is 10.9. The smallest absolute Gasteiger partial charge is 0.269 e. The molecule has 0 aliphatic rings. The molecule has 0 unspecified atom stereocenters. The van der Waals surface area contributed by atoms with Crippen molar-refractivity contribution in [2.75, 3.05) is 18.5 Å². The Balaban J connectivity index is 1.48. The number of imidazole rings is 2. The Bertz CT molecular complexity index is 1550. The molecule has 3 heterocycles. The summed E-state index contributed by atoms with van der Waals surface area (Å²) in [6.07, 6.45) is 5.99. The number of H-pyrrole nitrogens is 1. The lowest BCUT2D eigenvalue weighted by molar-refractivity contribution is 0.102. The Morgan fingerprint density at radius 2 is 1.97 bits per heavy atom. The van der Waals surface area contributed by atoms with Gasteiger partial charge in [0.05, 0.1) is 28.4 Å². The molecule has 35 heavy (non-hydrogen) atoms. The van der Waals surface area contributed by atoms with Crippen LogP contribution in [-0.4, -0.2) is 48.2 Å². The van der Waals surface area contributed by atoms with Gasteiger partial charge in [-0.15, -0.1) is 0 Å². The number of amides is 1. The predicted octanol–water partition coefficient (Wildman–Crippen LogP) is 3.45. The van der Waals surface area contributed by atoms with E-state index in [1.165, 1.54) is 0 Å². The van der Waals surface area contributed by atoms with Crippen molar-refractivity contribution in [3.63, 3.8) is 0 Å². The third-order valence-corrected chi connectivity index (χ3v) is 5.76. The van der Waals surface area contributed by atoms with Crippen molar-refractivity contribution in [1.82, 2.24) is 29.1 Å². The van der Waals surface area contributed by atoms with Gasteiger partial charge in [-0.1, -0.05) is 0 Å². The van der Waals surface area contributed by atoms with Gasteiger partial charge >= 0.3 is 0 Å². The lowest BCUT2D eigenvalue weighted by atomic mass is 10.2. The van der Waals surface area contributed by atoms with Crippen LogP contribution in [0.1, 0.15) is 29.4 Å². The van der Waals surface area contributed by atoms with E-state index < -0.39 is 0 Å². The largest absolute Gasteiger partial charge is 0.382 e. The van der Waals surface area contributed by atoms with Gasteiger partial charge in [-0.25, -0.2) is 15.0 Å². The summed E-state index contributed by atoms with van der Waals surface area (Å²) in [7, 11) is 0. The SMILES string of the molecule is CCOCCCn1c(NC(=O)c2ccc(-n3ccnc3)cc2)nc2cc3[nH]c(=O)c(C)nc3cc21. The minimum atomic E-state index is -0.268. The van der Waals surface area contributed by atoms with Crippen LogP contribution in [-0.2, 0) is 11.3 Å². The van der Waals surface area contributed by atoms with Crippen LogP contribution >= 0.6 is 0 Å². The van der Waals surface area contributed by atoms with Crippen molar-refractivity contribution in [2.24, 2.45) is 0 Å². The highest BCUT2D eigenvalue weighted by atomic mass is 16.5. The minimum absolute atomic E-state index is 0.235. The molecule has 0 fully saturated rings. The first-order chi connectivity index (χ1) is 17.0. The molecule has 0 radical (unpaired) electrons. The Labute approximate surface area is 200 Å². The first-order valence-electron chi connectivity index (χ1n) is 11.4.